The summed E-state index contributed by atoms with van der Waals surface area (Å²) in [6, 6.07) is 7.18. The van der Waals surface area contributed by atoms with Crippen molar-refractivity contribution >= 4 is 21.1 Å². The first-order valence-corrected chi connectivity index (χ1v) is 9.40. The molecule has 150 valence electrons. The first kappa shape index (κ1) is 20.7. The van der Waals surface area contributed by atoms with E-state index in [0.717, 1.165) is 0 Å². The van der Waals surface area contributed by atoms with Crippen LogP contribution in [0.4, 0.5) is 14.7 Å². The Hall–Kier alpha value is -2.99. The number of anilines is 1. The van der Waals surface area contributed by atoms with E-state index in [4.69, 9.17) is 5.73 Å². The number of nitrogens with one attached hydrogen (secondary N) is 1. The summed E-state index contributed by atoms with van der Waals surface area (Å²) in [5, 5.41) is 3.12. The molecule has 3 rings (SSSR count). The van der Waals surface area contributed by atoms with Gasteiger partial charge in [0.25, 0.3) is 0 Å². The molecule has 2 unspecified atom stereocenters. The second-order valence-electron chi connectivity index (χ2n) is 6.95. The summed E-state index contributed by atoms with van der Waals surface area (Å²) < 4.78 is 28.1. The Bertz CT molecular complexity index is 1040. The molecule has 0 radical (unpaired) electrons. The molecule has 29 heavy (non-hydrogen) atoms. The molecular weight excluding hydrogens is 395 g/mol. The highest BCUT2D eigenvalue weighted by atomic mass is 31.0. The van der Waals surface area contributed by atoms with Gasteiger partial charge in [0.2, 0.25) is 11.9 Å². The highest BCUT2D eigenvalue weighted by Gasteiger charge is 2.27. The summed E-state index contributed by atoms with van der Waals surface area (Å²) in [5.41, 5.74) is 6.20. The lowest BCUT2D eigenvalue weighted by Crippen LogP contribution is -2.31. The average Bonchev–Trinajstić information content (AvgIpc) is 2.68. The number of rotatable bonds is 6. The molecule has 0 aliphatic rings. The maximum absolute atomic E-state index is 14.2. The maximum atomic E-state index is 14.2. The average molecular weight is 415 g/mol. The fourth-order valence-electron chi connectivity index (χ4n) is 2.93. The molecule has 3 aromatic rings. The van der Waals surface area contributed by atoms with Crippen LogP contribution in [-0.4, -0.2) is 20.9 Å². The number of alkyl halides is 1. The lowest BCUT2D eigenvalue weighted by Gasteiger charge is -2.28. The maximum Gasteiger partial charge on any atom is 0.248 e. The molecule has 9 heteroatoms. The zero-order chi connectivity index (χ0) is 21.2. The number of nitrogens with two attached hydrogens (primary N) is 1. The standard InChI is InChI=1S/C20H20F2N5OP/c1-20(2,16-13(17(22)29)4-3-7-24-16)27-19-25-9-12(10-26-19)14-8-11(18(23)28)5-6-15(14)21/h3-10,17H,29H2,1-2H3,(H2,23,28)(H,25,26,27). The summed E-state index contributed by atoms with van der Waals surface area (Å²) in [4.78, 5) is 24.1. The third-order valence-corrected chi connectivity index (χ3v) is 4.73. The number of aromatic nitrogens is 3. The Morgan fingerprint density at radius 3 is 2.52 bits per heavy atom. The first-order chi connectivity index (χ1) is 13.7. The van der Waals surface area contributed by atoms with Gasteiger partial charge in [0, 0.05) is 40.8 Å². The van der Waals surface area contributed by atoms with Gasteiger partial charge in [-0.05, 0) is 38.1 Å². The molecule has 0 bridgehead atoms. The predicted octanol–water partition coefficient (Wildman–Crippen LogP) is 3.97. The second-order valence-corrected chi connectivity index (χ2v) is 7.53. The van der Waals surface area contributed by atoms with Crippen LogP contribution in [-0.2, 0) is 5.54 Å². The second kappa shape index (κ2) is 8.17. The minimum Gasteiger partial charge on any atom is -0.366 e. The minimum atomic E-state index is -1.26. The van der Waals surface area contributed by atoms with Crippen molar-refractivity contribution < 1.29 is 13.6 Å². The summed E-state index contributed by atoms with van der Waals surface area (Å²) in [6.45, 7) is 3.66. The van der Waals surface area contributed by atoms with Crippen LogP contribution in [0.3, 0.4) is 0 Å². The molecule has 0 saturated heterocycles. The van der Waals surface area contributed by atoms with Crippen molar-refractivity contribution in [3.05, 3.63) is 71.6 Å². The summed E-state index contributed by atoms with van der Waals surface area (Å²) in [6.07, 6.45) is 4.46. The summed E-state index contributed by atoms with van der Waals surface area (Å²) >= 11 is 0. The first-order valence-electron chi connectivity index (χ1n) is 8.74. The molecule has 1 amide bonds. The van der Waals surface area contributed by atoms with Crippen LogP contribution >= 0.6 is 9.24 Å². The fourth-order valence-corrected chi connectivity index (χ4v) is 3.20. The van der Waals surface area contributed by atoms with E-state index in [1.807, 2.05) is 13.8 Å². The molecule has 0 spiro atoms. The van der Waals surface area contributed by atoms with Gasteiger partial charge in [0.15, 0.2) is 0 Å². The number of hydrogen-bond acceptors (Lipinski definition) is 5. The van der Waals surface area contributed by atoms with Gasteiger partial charge in [-0.2, -0.15) is 0 Å². The Kier molecular flexibility index (Phi) is 5.84. The van der Waals surface area contributed by atoms with E-state index >= 15 is 0 Å². The topological polar surface area (TPSA) is 93.8 Å². The number of hydrogen-bond donors (Lipinski definition) is 2. The molecule has 0 aliphatic heterocycles. The van der Waals surface area contributed by atoms with Crippen LogP contribution < -0.4 is 11.1 Å². The lowest BCUT2D eigenvalue weighted by atomic mass is 9.96. The SMILES string of the molecule is CC(C)(Nc1ncc(-c2cc(C(N)=O)ccc2F)cn1)c1ncccc1C(F)P. The molecule has 0 aliphatic carbocycles. The predicted molar refractivity (Wildman–Crippen MR) is 110 cm³/mol. The molecule has 1 aromatic carbocycles. The molecule has 2 aromatic heterocycles. The van der Waals surface area contributed by atoms with E-state index < -0.39 is 23.2 Å². The van der Waals surface area contributed by atoms with Crippen LogP contribution in [0.2, 0.25) is 0 Å². The minimum absolute atomic E-state index is 0.169. The third-order valence-electron chi connectivity index (χ3n) is 4.37. The van der Waals surface area contributed by atoms with E-state index in [1.54, 1.807) is 18.3 Å². The normalized spacial score (nSPS) is 12.4. The van der Waals surface area contributed by atoms with Gasteiger partial charge in [-0.3, -0.25) is 9.78 Å². The molecule has 2 atom stereocenters. The molecule has 0 fully saturated rings. The van der Waals surface area contributed by atoms with E-state index in [1.165, 1.54) is 30.6 Å². The number of primary amides is 1. The molecule has 6 nitrogen and oxygen atoms in total. The van der Waals surface area contributed by atoms with Crippen LogP contribution in [0, 0.1) is 5.82 Å². The van der Waals surface area contributed by atoms with E-state index in [9.17, 15) is 13.6 Å². The lowest BCUT2D eigenvalue weighted by molar-refractivity contribution is 0.100. The Morgan fingerprint density at radius 1 is 1.21 bits per heavy atom. The molecule has 2 heterocycles. The third kappa shape index (κ3) is 4.54. The monoisotopic (exact) mass is 415 g/mol. The smallest absolute Gasteiger partial charge is 0.248 e. The summed E-state index contributed by atoms with van der Waals surface area (Å²) in [7, 11) is 2.11. The van der Waals surface area contributed by atoms with Crippen molar-refractivity contribution in [2.24, 2.45) is 5.73 Å². The van der Waals surface area contributed by atoms with Gasteiger partial charge in [-0.15, -0.1) is 0 Å². The van der Waals surface area contributed by atoms with Gasteiger partial charge in [0.05, 0.1) is 11.2 Å². The number of carbonyl (C=O) groups is 1. The molecular formula is C20H20F2N5OP. The van der Waals surface area contributed by atoms with Gasteiger partial charge >= 0.3 is 0 Å². The molecule has 3 N–H and O–H groups in total. The van der Waals surface area contributed by atoms with Gasteiger partial charge in [-0.25, -0.2) is 18.7 Å². The van der Waals surface area contributed by atoms with E-state index in [0.29, 0.717) is 16.8 Å². The zero-order valence-corrected chi connectivity index (χ0v) is 17.0. The van der Waals surface area contributed by atoms with Crippen LogP contribution in [0.15, 0.2) is 48.9 Å². The molecule has 0 saturated carbocycles. The number of pyridine rings is 1. The van der Waals surface area contributed by atoms with Crippen LogP contribution in [0.1, 0.15) is 41.4 Å². The van der Waals surface area contributed by atoms with Crippen molar-refractivity contribution in [1.29, 1.82) is 0 Å². The van der Waals surface area contributed by atoms with Gasteiger partial charge in [0.1, 0.15) is 11.7 Å². The highest BCUT2D eigenvalue weighted by molar-refractivity contribution is 7.16. The Labute approximate surface area is 169 Å². The van der Waals surface area contributed by atoms with Crippen molar-refractivity contribution in [2.75, 3.05) is 5.32 Å². The van der Waals surface area contributed by atoms with Crippen molar-refractivity contribution in [1.82, 2.24) is 15.0 Å². The quantitative estimate of drug-likeness (QED) is 0.595. The number of nitrogens with zero attached hydrogens (tertiary/aromatic N) is 3. The Morgan fingerprint density at radius 2 is 1.90 bits per heavy atom. The number of benzene rings is 1. The highest BCUT2D eigenvalue weighted by Crippen LogP contribution is 2.33. The van der Waals surface area contributed by atoms with Gasteiger partial charge in [-0.1, -0.05) is 15.3 Å². The van der Waals surface area contributed by atoms with Crippen LogP contribution in [0.5, 0.6) is 0 Å². The number of carbonyl (C=O) groups excluding carboxylic acids is 1. The zero-order valence-electron chi connectivity index (χ0n) is 15.9. The van der Waals surface area contributed by atoms with Gasteiger partial charge < -0.3 is 11.1 Å². The van der Waals surface area contributed by atoms with E-state index in [-0.39, 0.29) is 17.1 Å². The van der Waals surface area contributed by atoms with E-state index in [2.05, 4.69) is 29.5 Å². The largest absolute Gasteiger partial charge is 0.366 e. The fraction of sp³-hybridized carbons (Fsp3) is 0.200. The van der Waals surface area contributed by atoms with Crippen molar-refractivity contribution in [3.63, 3.8) is 0 Å². The van der Waals surface area contributed by atoms with Crippen LogP contribution in [0.25, 0.3) is 11.1 Å². The number of halogens is 2. The number of amides is 1. The summed E-state index contributed by atoms with van der Waals surface area (Å²) in [5.74, 6) is -2.17. The Balaban J connectivity index is 1.88. The van der Waals surface area contributed by atoms with Crippen molar-refractivity contribution in [2.45, 2.75) is 25.3 Å². The van der Waals surface area contributed by atoms with Crippen molar-refractivity contribution in [3.8, 4) is 11.1 Å².